The van der Waals surface area contributed by atoms with Crippen LogP contribution in [-0.2, 0) is 0 Å². The fourth-order valence-electron chi connectivity index (χ4n) is 4.47. The molecule has 6 heteroatoms. The van der Waals surface area contributed by atoms with Gasteiger partial charge in [-0.1, -0.05) is 6.42 Å². The Bertz CT molecular complexity index is 824. The van der Waals surface area contributed by atoms with Crippen LogP contribution in [0.5, 0.6) is 0 Å². The van der Waals surface area contributed by atoms with Gasteiger partial charge < -0.3 is 9.80 Å². The van der Waals surface area contributed by atoms with Crippen molar-refractivity contribution in [2.24, 2.45) is 11.8 Å². The molecule has 4 heterocycles. The molecular formula is C20H22N6. The molecule has 2 aromatic rings. The molecule has 0 N–H and O–H groups in total. The van der Waals surface area contributed by atoms with Gasteiger partial charge in [-0.05, 0) is 25.0 Å². The molecule has 0 spiro atoms. The maximum atomic E-state index is 8.92. The van der Waals surface area contributed by atoms with Crippen molar-refractivity contribution in [2.45, 2.75) is 25.2 Å². The Balaban J connectivity index is 1.26. The zero-order valence-corrected chi connectivity index (χ0v) is 14.8. The minimum absolute atomic E-state index is 0.616. The van der Waals surface area contributed by atoms with Gasteiger partial charge in [0, 0.05) is 61.9 Å². The van der Waals surface area contributed by atoms with Gasteiger partial charge in [-0.2, -0.15) is 5.26 Å². The standard InChI is InChI=1S/C20H22N6/c21-7-14-4-5-19(22-8-14)25-9-16-11-26(12-17(16)10-25)20-6-18(23-13-24-20)15-2-1-3-15/h4-6,8,13,15-17H,1-3,9-12H2. The normalized spacial score (nSPS) is 25.0. The molecule has 5 rings (SSSR count). The van der Waals surface area contributed by atoms with E-state index < -0.39 is 0 Å². The summed E-state index contributed by atoms with van der Waals surface area (Å²) in [6.07, 6.45) is 7.28. The molecular weight excluding hydrogens is 324 g/mol. The first-order valence-electron chi connectivity index (χ1n) is 9.48. The molecule has 6 nitrogen and oxygen atoms in total. The van der Waals surface area contributed by atoms with Gasteiger partial charge in [-0.25, -0.2) is 15.0 Å². The third kappa shape index (κ3) is 2.68. The van der Waals surface area contributed by atoms with Crippen molar-refractivity contribution in [3.63, 3.8) is 0 Å². The average molecular weight is 346 g/mol. The van der Waals surface area contributed by atoms with E-state index in [2.05, 4.69) is 36.9 Å². The molecule has 1 saturated carbocycles. The van der Waals surface area contributed by atoms with E-state index in [0.717, 1.165) is 37.8 Å². The van der Waals surface area contributed by atoms with Crippen LogP contribution in [0.15, 0.2) is 30.7 Å². The van der Waals surface area contributed by atoms with Crippen LogP contribution in [0.4, 0.5) is 11.6 Å². The van der Waals surface area contributed by atoms with Crippen molar-refractivity contribution in [1.29, 1.82) is 5.26 Å². The zero-order valence-electron chi connectivity index (χ0n) is 14.8. The van der Waals surface area contributed by atoms with Crippen molar-refractivity contribution in [3.8, 4) is 6.07 Å². The van der Waals surface area contributed by atoms with Gasteiger partial charge in [-0.3, -0.25) is 0 Å². The number of anilines is 2. The van der Waals surface area contributed by atoms with Crippen LogP contribution in [0.2, 0.25) is 0 Å². The second-order valence-corrected chi connectivity index (χ2v) is 7.78. The maximum absolute atomic E-state index is 8.92. The van der Waals surface area contributed by atoms with Crippen molar-refractivity contribution in [3.05, 3.63) is 42.0 Å². The Hall–Kier alpha value is -2.68. The van der Waals surface area contributed by atoms with E-state index in [9.17, 15) is 0 Å². The van der Waals surface area contributed by atoms with Crippen LogP contribution in [0.1, 0.15) is 36.4 Å². The average Bonchev–Trinajstić information content (AvgIpc) is 3.20. The highest BCUT2D eigenvalue weighted by molar-refractivity contribution is 5.46. The molecule has 26 heavy (non-hydrogen) atoms. The summed E-state index contributed by atoms with van der Waals surface area (Å²) in [6.45, 7) is 4.17. The molecule has 3 aliphatic rings. The van der Waals surface area contributed by atoms with E-state index in [0.29, 0.717) is 23.3 Å². The van der Waals surface area contributed by atoms with Gasteiger partial charge in [0.15, 0.2) is 0 Å². The van der Waals surface area contributed by atoms with Gasteiger partial charge in [0.25, 0.3) is 0 Å². The van der Waals surface area contributed by atoms with Crippen LogP contribution in [0, 0.1) is 23.2 Å². The fourth-order valence-corrected chi connectivity index (χ4v) is 4.47. The van der Waals surface area contributed by atoms with Crippen molar-refractivity contribution in [2.75, 3.05) is 36.0 Å². The van der Waals surface area contributed by atoms with E-state index in [4.69, 9.17) is 5.26 Å². The smallest absolute Gasteiger partial charge is 0.132 e. The lowest BCUT2D eigenvalue weighted by Gasteiger charge is -2.26. The lowest BCUT2D eigenvalue weighted by molar-refractivity contribution is 0.410. The fraction of sp³-hybridized carbons (Fsp3) is 0.500. The van der Waals surface area contributed by atoms with E-state index in [1.54, 1.807) is 12.5 Å². The predicted octanol–water partition coefficient (Wildman–Crippen LogP) is 2.58. The Morgan fingerprint density at radius 1 is 0.923 bits per heavy atom. The monoisotopic (exact) mass is 346 g/mol. The largest absolute Gasteiger partial charge is 0.356 e. The van der Waals surface area contributed by atoms with Crippen LogP contribution in [0.3, 0.4) is 0 Å². The highest BCUT2D eigenvalue weighted by Crippen LogP contribution is 2.38. The second kappa shape index (κ2) is 6.24. The van der Waals surface area contributed by atoms with Gasteiger partial charge >= 0.3 is 0 Å². The summed E-state index contributed by atoms with van der Waals surface area (Å²) in [5, 5.41) is 8.92. The molecule has 2 atom stereocenters. The molecule has 0 amide bonds. The van der Waals surface area contributed by atoms with Gasteiger partial charge in [0.05, 0.1) is 5.56 Å². The summed E-state index contributed by atoms with van der Waals surface area (Å²) >= 11 is 0. The van der Waals surface area contributed by atoms with E-state index >= 15 is 0 Å². The summed E-state index contributed by atoms with van der Waals surface area (Å²) < 4.78 is 0. The predicted molar refractivity (Wildman–Crippen MR) is 99.0 cm³/mol. The number of rotatable bonds is 3. The summed E-state index contributed by atoms with van der Waals surface area (Å²) in [4.78, 5) is 18.3. The second-order valence-electron chi connectivity index (χ2n) is 7.78. The number of fused-ring (bicyclic) bond motifs is 1. The summed E-state index contributed by atoms with van der Waals surface area (Å²) in [7, 11) is 0. The third-order valence-corrected chi connectivity index (χ3v) is 6.21. The Morgan fingerprint density at radius 3 is 2.23 bits per heavy atom. The van der Waals surface area contributed by atoms with E-state index in [-0.39, 0.29) is 0 Å². The third-order valence-electron chi connectivity index (χ3n) is 6.21. The molecule has 3 fully saturated rings. The maximum Gasteiger partial charge on any atom is 0.132 e. The van der Waals surface area contributed by atoms with Crippen molar-refractivity contribution >= 4 is 11.6 Å². The molecule has 2 unspecified atom stereocenters. The lowest BCUT2D eigenvalue weighted by Crippen LogP contribution is -2.29. The molecule has 2 saturated heterocycles. The number of hydrogen-bond donors (Lipinski definition) is 0. The van der Waals surface area contributed by atoms with Crippen LogP contribution >= 0.6 is 0 Å². The summed E-state index contributed by atoms with van der Waals surface area (Å²) in [5.74, 6) is 4.03. The minimum atomic E-state index is 0.616. The lowest BCUT2D eigenvalue weighted by atomic mass is 9.83. The van der Waals surface area contributed by atoms with Gasteiger partial charge in [-0.15, -0.1) is 0 Å². The molecule has 2 aromatic heterocycles. The molecule has 0 aromatic carbocycles. The van der Waals surface area contributed by atoms with E-state index in [1.807, 2.05) is 12.1 Å². The molecule has 132 valence electrons. The first-order chi connectivity index (χ1) is 12.8. The van der Waals surface area contributed by atoms with Gasteiger partial charge in [0.2, 0.25) is 0 Å². The summed E-state index contributed by atoms with van der Waals surface area (Å²) in [6, 6.07) is 8.16. The molecule has 0 bridgehead atoms. The first kappa shape index (κ1) is 15.6. The number of hydrogen-bond acceptors (Lipinski definition) is 6. The molecule has 1 aliphatic carbocycles. The van der Waals surface area contributed by atoms with Crippen molar-refractivity contribution < 1.29 is 0 Å². The quantitative estimate of drug-likeness (QED) is 0.851. The highest BCUT2D eigenvalue weighted by Gasteiger charge is 2.41. The Kier molecular flexibility index (Phi) is 3.74. The number of nitriles is 1. The topological polar surface area (TPSA) is 68.9 Å². The Labute approximate surface area is 153 Å². The first-order valence-corrected chi connectivity index (χ1v) is 9.48. The minimum Gasteiger partial charge on any atom is -0.356 e. The highest BCUT2D eigenvalue weighted by atomic mass is 15.3. The van der Waals surface area contributed by atoms with Crippen LogP contribution < -0.4 is 9.80 Å². The molecule has 0 radical (unpaired) electrons. The number of nitrogens with zero attached hydrogens (tertiary/aromatic N) is 6. The van der Waals surface area contributed by atoms with Gasteiger partial charge in [0.1, 0.15) is 24.0 Å². The van der Waals surface area contributed by atoms with E-state index in [1.165, 1.54) is 25.0 Å². The number of pyridine rings is 1. The zero-order chi connectivity index (χ0) is 17.5. The summed E-state index contributed by atoms with van der Waals surface area (Å²) in [5.41, 5.74) is 1.84. The van der Waals surface area contributed by atoms with Crippen LogP contribution in [0.25, 0.3) is 0 Å². The SMILES string of the molecule is N#Cc1ccc(N2CC3CN(c4cc(C5CCC5)ncn4)CC3C2)nc1. The number of aromatic nitrogens is 3. The molecule has 2 aliphatic heterocycles. The Morgan fingerprint density at radius 2 is 1.65 bits per heavy atom. The van der Waals surface area contributed by atoms with Crippen molar-refractivity contribution in [1.82, 2.24) is 15.0 Å². The van der Waals surface area contributed by atoms with Crippen LogP contribution in [-0.4, -0.2) is 41.1 Å².